The Morgan fingerprint density at radius 3 is 2.63 bits per heavy atom. The fourth-order valence-corrected chi connectivity index (χ4v) is 4.56. The van der Waals surface area contributed by atoms with Gasteiger partial charge in [-0.25, -0.2) is 9.78 Å². The summed E-state index contributed by atoms with van der Waals surface area (Å²) in [5, 5.41) is 1.77. The van der Waals surface area contributed by atoms with Gasteiger partial charge in [0, 0.05) is 10.8 Å². The summed E-state index contributed by atoms with van der Waals surface area (Å²) in [6.45, 7) is 2.06. The number of furan rings is 1. The van der Waals surface area contributed by atoms with Crippen molar-refractivity contribution < 1.29 is 13.9 Å². The molecule has 0 amide bonds. The molecule has 0 aliphatic heterocycles. The molecule has 0 unspecified atom stereocenters. The zero-order chi connectivity index (χ0) is 20.7. The molecule has 5 rings (SSSR count). The van der Waals surface area contributed by atoms with Gasteiger partial charge >= 0.3 is 5.97 Å². The Morgan fingerprint density at radius 1 is 1.10 bits per heavy atom. The lowest BCUT2D eigenvalue weighted by Crippen LogP contribution is -2.04. The number of nitrogens with zero attached hydrogens (tertiary/aromatic N) is 1. The Morgan fingerprint density at radius 2 is 1.87 bits per heavy atom. The normalized spacial score (nSPS) is 11.2. The predicted molar refractivity (Wildman–Crippen MR) is 121 cm³/mol. The average Bonchev–Trinajstić information content (AvgIpc) is 3.35. The SMILES string of the molecule is CCOC(=O)c1sc2nc(-c3cc4ccccc4o3)cc(-c3ccccc3)c2c1N. The number of nitrogens with two attached hydrogens (primary N) is 1. The van der Waals surface area contributed by atoms with Gasteiger partial charge in [-0.05, 0) is 36.2 Å². The molecule has 0 aliphatic carbocycles. The lowest BCUT2D eigenvalue weighted by Gasteiger charge is -2.07. The number of pyridine rings is 1. The van der Waals surface area contributed by atoms with Crippen molar-refractivity contribution in [2.45, 2.75) is 6.92 Å². The van der Waals surface area contributed by atoms with Crippen LogP contribution in [0.2, 0.25) is 0 Å². The first kappa shape index (κ1) is 18.4. The van der Waals surface area contributed by atoms with Crippen LogP contribution >= 0.6 is 11.3 Å². The summed E-state index contributed by atoms with van der Waals surface area (Å²) in [5.74, 6) is 0.238. The number of carbonyl (C=O) groups is 1. The van der Waals surface area contributed by atoms with Crippen molar-refractivity contribution in [3.8, 4) is 22.6 Å². The van der Waals surface area contributed by atoms with Crippen LogP contribution in [0.4, 0.5) is 5.69 Å². The summed E-state index contributed by atoms with van der Waals surface area (Å²) in [6.07, 6.45) is 0. The quantitative estimate of drug-likeness (QED) is 0.358. The molecule has 0 fully saturated rings. The van der Waals surface area contributed by atoms with Crippen molar-refractivity contribution in [1.29, 1.82) is 0 Å². The minimum absolute atomic E-state index is 0.287. The van der Waals surface area contributed by atoms with E-state index in [1.807, 2.05) is 66.7 Å². The number of thiophene rings is 1. The third kappa shape index (κ3) is 3.02. The van der Waals surface area contributed by atoms with E-state index in [1.54, 1.807) is 6.92 Å². The summed E-state index contributed by atoms with van der Waals surface area (Å²) in [5.41, 5.74) is 10.2. The van der Waals surface area contributed by atoms with Gasteiger partial charge < -0.3 is 14.9 Å². The molecule has 0 atom stereocenters. The Labute approximate surface area is 176 Å². The molecule has 5 aromatic rings. The number of ether oxygens (including phenoxy) is 1. The van der Waals surface area contributed by atoms with Crippen LogP contribution in [0, 0.1) is 0 Å². The Hall–Kier alpha value is -3.64. The van der Waals surface area contributed by atoms with Crippen molar-refractivity contribution in [2.75, 3.05) is 12.3 Å². The van der Waals surface area contributed by atoms with Gasteiger partial charge in [-0.1, -0.05) is 48.5 Å². The number of esters is 1. The van der Waals surface area contributed by atoms with Crippen LogP contribution in [0.25, 0.3) is 43.8 Å². The highest BCUT2D eigenvalue weighted by Gasteiger charge is 2.23. The molecule has 0 saturated heterocycles. The maximum atomic E-state index is 12.4. The molecule has 0 radical (unpaired) electrons. The van der Waals surface area contributed by atoms with Gasteiger partial charge in [0.2, 0.25) is 0 Å². The van der Waals surface area contributed by atoms with Gasteiger partial charge in [-0.2, -0.15) is 0 Å². The fourth-order valence-electron chi connectivity index (χ4n) is 3.55. The van der Waals surface area contributed by atoms with Gasteiger partial charge in [0.15, 0.2) is 5.76 Å². The highest BCUT2D eigenvalue weighted by molar-refractivity contribution is 7.21. The largest absolute Gasteiger partial charge is 0.462 e. The van der Waals surface area contributed by atoms with E-state index < -0.39 is 5.97 Å². The number of nitrogen functional groups attached to an aromatic ring is 1. The minimum Gasteiger partial charge on any atom is -0.462 e. The lowest BCUT2D eigenvalue weighted by atomic mass is 10.0. The molecule has 2 aromatic carbocycles. The molecular weight excluding hydrogens is 396 g/mol. The topological polar surface area (TPSA) is 78.3 Å². The van der Waals surface area contributed by atoms with Crippen LogP contribution in [-0.4, -0.2) is 17.6 Å². The molecular formula is C24H18N2O3S. The van der Waals surface area contributed by atoms with E-state index in [0.29, 0.717) is 26.8 Å². The maximum Gasteiger partial charge on any atom is 0.350 e. The van der Waals surface area contributed by atoms with Crippen molar-refractivity contribution in [2.24, 2.45) is 0 Å². The molecule has 3 aromatic heterocycles. The van der Waals surface area contributed by atoms with Crippen molar-refractivity contribution in [3.63, 3.8) is 0 Å². The summed E-state index contributed by atoms with van der Waals surface area (Å²) < 4.78 is 11.2. The second kappa shape index (κ2) is 7.31. The summed E-state index contributed by atoms with van der Waals surface area (Å²) in [4.78, 5) is 18.3. The molecule has 148 valence electrons. The van der Waals surface area contributed by atoms with E-state index in [-0.39, 0.29) is 6.61 Å². The van der Waals surface area contributed by atoms with Crippen LogP contribution in [0.1, 0.15) is 16.6 Å². The first-order chi connectivity index (χ1) is 14.7. The van der Waals surface area contributed by atoms with E-state index >= 15 is 0 Å². The predicted octanol–water partition coefficient (Wildman–Crippen LogP) is 6.14. The molecule has 6 heteroatoms. The van der Waals surface area contributed by atoms with Gasteiger partial charge in [0.1, 0.15) is 21.0 Å². The van der Waals surface area contributed by atoms with E-state index in [1.165, 1.54) is 11.3 Å². The smallest absolute Gasteiger partial charge is 0.350 e. The Kier molecular flexibility index (Phi) is 4.48. The van der Waals surface area contributed by atoms with Crippen LogP contribution in [0.15, 0.2) is 71.1 Å². The zero-order valence-corrected chi connectivity index (χ0v) is 17.0. The van der Waals surface area contributed by atoms with Crippen molar-refractivity contribution in [1.82, 2.24) is 4.98 Å². The Balaban J connectivity index is 1.78. The molecule has 0 saturated carbocycles. The second-order valence-electron chi connectivity index (χ2n) is 6.82. The third-order valence-corrected chi connectivity index (χ3v) is 6.00. The van der Waals surface area contributed by atoms with Gasteiger partial charge in [0.05, 0.1) is 12.3 Å². The van der Waals surface area contributed by atoms with Crippen LogP contribution in [0.5, 0.6) is 0 Å². The van der Waals surface area contributed by atoms with E-state index in [2.05, 4.69) is 0 Å². The number of anilines is 1. The maximum absolute atomic E-state index is 12.4. The van der Waals surface area contributed by atoms with Gasteiger partial charge in [-0.3, -0.25) is 0 Å². The molecule has 0 bridgehead atoms. The number of hydrogen-bond donors (Lipinski definition) is 1. The number of carbonyl (C=O) groups excluding carboxylic acids is 1. The summed E-state index contributed by atoms with van der Waals surface area (Å²) in [6, 6.07) is 21.7. The molecule has 2 N–H and O–H groups in total. The number of rotatable bonds is 4. The van der Waals surface area contributed by atoms with Crippen LogP contribution < -0.4 is 5.73 Å². The first-order valence-electron chi connectivity index (χ1n) is 9.60. The fraction of sp³-hybridized carbons (Fsp3) is 0.0833. The number of hydrogen-bond acceptors (Lipinski definition) is 6. The molecule has 0 spiro atoms. The molecule has 3 heterocycles. The summed E-state index contributed by atoms with van der Waals surface area (Å²) in [7, 11) is 0. The number of benzene rings is 2. The van der Waals surface area contributed by atoms with E-state index in [4.69, 9.17) is 19.9 Å². The van der Waals surface area contributed by atoms with Gasteiger partial charge in [-0.15, -0.1) is 11.3 Å². The second-order valence-corrected chi connectivity index (χ2v) is 7.81. The Bertz CT molecular complexity index is 1350. The van der Waals surface area contributed by atoms with Crippen LogP contribution in [-0.2, 0) is 4.74 Å². The summed E-state index contributed by atoms with van der Waals surface area (Å²) >= 11 is 1.24. The highest BCUT2D eigenvalue weighted by atomic mass is 32.1. The zero-order valence-electron chi connectivity index (χ0n) is 16.2. The van der Waals surface area contributed by atoms with E-state index in [0.717, 1.165) is 27.5 Å². The first-order valence-corrected chi connectivity index (χ1v) is 10.4. The number of fused-ring (bicyclic) bond motifs is 2. The van der Waals surface area contributed by atoms with E-state index in [9.17, 15) is 4.79 Å². The molecule has 30 heavy (non-hydrogen) atoms. The van der Waals surface area contributed by atoms with Crippen LogP contribution in [0.3, 0.4) is 0 Å². The standard InChI is InChI=1S/C24H18N2O3S/c1-2-28-24(27)22-21(25)20-16(14-8-4-3-5-9-14)13-17(26-23(20)30-22)19-12-15-10-6-7-11-18(15)29-19/h3-13H,2,25H2,1H3. The number of aromatic nitrogens is 1. The average molecular weight is 414 g/mol. The number of para-hydroxylation sites is 1. The monoisotopic (exact) mass is 414 g/mol. The minimum atomic E-state index is -0.428. The lowest BCUT2D eigenvalue weighted by molar-refractivity contribution is 0.0533. The molecule has 0 aliphatic rings. The molecule has 5 nitrogen and oxygen atoms in total. The highest BCUT2D eigenvalue weighted by Crippen LogP contribution is 2.42. The van der Waals surface area contributed by atoms with Crippen molar-refractivity contribution >= 4 is 44.2 Å². The third-order valence-electron chi connectivity index (χ3n) is 4.92. The van der Waals surface area contributed by atoms with Gasteiger partial charge in [0.25, 0.3) is 0 Å². The van der Waals surface area contributed by atoms with Crippen molar-refractivity contribution in [3.05, 3.63) is 71.6 Å².